The number of benzene rings is 1. The Labute approximate surface area is 173 Å². The third-order valence-electron chi connectivity index (χ3n) is 4.38. The van der Waals surface area contributed by atoms with Crippen LogP contribution in [0.2, 0.25) is 0 Å². The third-order valence-corrected chi connectivity index (χ3v) is 4.97. The summed E-state index contributed by atoms with van der Waals surface area (Å²) in [5.74, 6) is 1.83. The van der Waals surface area contributed by atoms with E-state index in [9.17, 15) is 4.79 Å². The zero-order chi connectivity index (χ0) is 19.9. The molecule has 0 radical (unpaired) electrons. The van der Waals surface area contributed by atoms with Crippen LogP contribution in [-0.4, -0.2) is 50.9 Å². The number of methoxy groups -OCH3 is 1. The summed E-state index contributed by atoms with van der Waals surface area (Å²) in [6, 6.07) is 7.35. The van der Waals surface area contributed by atoms with Gasteiger partial charge < -0.3 is 24.4 Å². The molecule has 0 spiro atoms. The van der Waals surface area contributed by atoms with E-state index in [0.717, 1.165) is 37.7 Å². The highest BCUT2D eigenvalue weighted by Crippen LogP contribution is 2.36. The third kappa shape index (κ3) is 4.94. The lowest BCUT2D eigenvalue weighted by molar-refractivity contribution is 0.0950. The minimum absolute atomic E-state index is 0.195. The van der Waals surface area contributed by atoms with Crippen molar-refractivity contribution >= 4 is 27.7 Å². The maximum Gasteiger partial charge on any atom is 0.251 e. The van der Waals surface area contributed by atoms with Crippen molar-refractivity contribution in [1.82, 2.24) is 10.3 Å². The van der Waals surface area contributed by atoms with Gasteiger partial charge in [0.25, 0.3) is 5.91 Å². The predicted molar refractivity (Wildman–Crippen MR) is 110 cm³/mol. The molecular weight excluding hydrogens is 426 g/mol. The Hall–Kier alpha value is -2.32. The van der Waals surface area contributed by atoms with Gasteiger partial charge in [-0.25, -0.2) is 4.98 Å². The highest BCUT2D eigenvalue weighted by atomic mass is 79.9. The summed E-state index contributed by atoms with van der Waals surface area (Å²) in [6.07, 6.45) is 1.79. The van der Waals surface area contributed by atoms with Gasteiger partial charge in [-0.3, -0.25) is 4.79 Å². The molecule has 0 bridgehead atoms. The first-order valence-electron chi connectivity index (χ1n) is 9.18. The van der Waals surface area contributed by atoms with E-state index >= 15 is 0 Å². The fourth-order valence-electron chi connectivity index (χ4n) is 2.92. The molecule has 8 heteroatoms. The largest absolute Gasteiger partial charge is 0.493 e. The van der Waals surface area contributed by atoms with Crippen LogP contribution < -0.4 is 19.7 Å². The normalized spacial score (nSPS) is 13.9. The first-order valence-corrected chi connectivity index (χ1v) is 9.97. The molecule has 1 aliphatic rings. The molecule has 28 heavy (non-hydrogen) atoms. The number of halogens is 1. The Balaban J connectivity index is 1.63. The zero-order valence-electron chi connectivity index (χ0n) is 16.0. The second kappa shape index (κ2) is 9.75. The molecule has 1 N–H and O–H groups in total. The lowest BCUT2D eigenvalue weighted by Crippen LogP contribution is -2.36. The van der Waals surface area contributed by atoms with Crippen LogP contribution in [0.1, 0.15) is 22.8 Å². The number of nitrogens with zero attached hydrogens (tertiary/aromatic N) is 2. The van der Waals surface area contributed by atoms with Gasteiger partial charge in [0.1, 0.15) is 5.82 Å². The van der Waals surface area contributed by atoms with Gasteiger partial charge in [-0.1, -0.05) is 6.07 Å². The molecule has 0 aliphatic carbocycles. The van der Waals surface area contributed by atoms with Gasteiger partial charge in [0.05, 0.1) is 31.4 Å². The summed E-state index contributed by atoms with van der Waals surface area (Å²) in [5, 5.41) is 2.91. The summed E-state index contributed by atoms with van der Waals surface area (Å²) >= 11 is 3.44. The Bertz CT molecular complexity index is 808. The fourth-order valence-corrected chi connectivity index (χ4v) is 3.48. The number of amides is 1. The van der Waals surface area contributed by atoms with Crippen LogP contribution in [0.5, 0.6) is 11.5 Å². The minimum Gasteiger partial charge on any atom is -0.493 e. The smallest absolute Gasteiger partial charge is 0.251 e. The molecule has 0 unspecified atom stereocenters. The second-order valence-corrected chi connectivity index (χ2v) is 7.08. The van der Waals surface area contributed by atoms with E-state index < -0.39 is 0 Å². The van der Waals surface area contributed by atoms with Crippen molar-refractivity contribution in [1.29, 1.82) is 0 Å². The minimum atomic E-state index is -0.195. The molecule has 7 nitrogen and oxygen atoms in total. The molecule has 0 saturated carbocycles. The van der Waals surface area contributed by atoms with Crippen LogP contribution in [0.3, 0.4) is 0 Å². The highest BCUT2D eigenvalue weighted by molar-refractivity contribution is 9.10. The number of morpholine rings is 1. The fraction of sp³-hybridized carbons (Fsp3) is 0.400. The van der Waals surface area contributed by atoms with Crippen molar-refractivity contribution in [2.24, 2.45) is 0 Å². The maximum absolute atomic E-state index is 12.6. The van der Waals surface area contributed by atoms with Crippen molar-refractivity contribution in [2.45, 2.75) is 13.5 Å². The Kier molecular flexibility index (Phi) is 7.11. The Morgan fingerprint density at radius 3 is 2.75 bits per heavy atom. The molecule has 1 amide bonds. The number of carbonyl (C=O) groups excluding carboxylic acids is 1. The van der Waals surface area contributed by atoms with Gasteiger partial charge in [0.15, 0.2) is 11.5 Å². The molecule has 1 aliphatic heterocycles. The van der Waals surface area contributed by atoms with Crippen LogP contribution in [0.25, 0.3) is 0 Å². The van der Waals surface area contributed by atoms with Gasteiger partial charge in [-0.15, -0.1) is 0 Å². The van der Waals surface area contributed by atoms with Gasteiger partial charge in [-0.05, 0) is 46.6 Å². The SMILES string of the molecule is CCOc1c(Br)cc(C(=O)NCc2ccc(N3CCOCC3)nc2)cc1OC. The van der Waals surface area contributed by atoms with Gasteiger partial charge in [-0.2, -0.15) is 0 Å². The topological polar surface area (TPSA) is 72.9 Å². The maximum atomic E-state index is 12.6. The molecule has 1 saturated heterocycles. The molecular formula is C20H24BrN3O4. The van der Waals surface area contributed by atoms with Gasteiger partial charge in [0, 0.05) is 31.4 Å². The summed E-state index contributed by atoms with van der Waals surface area (Å²) in [7, 11) is 1.55. The number of pyridine rings is 1. The van der Waals surface area contributed by atoms with E-state index in [2.05, 4.69) is 31.1 Å². The summed E-state index contributed by atoms with van der Waals surface area (Å²) in [5.41, 5.74) is 1.42. The monoisotopic (exact) mass is 449 g/mol. The van der Waals surface area contributed by atoms with Crippen molar-refractivity contribution in [2.75, 3.05) is 44.9 Å². The number of hydrogen-bond donors (Lipinski definition) is 1. The van der Waals surface area contributed by atoms with E-state index in [1.807, 2.05) is 19.1 Å². The first-order chi connectivity index (χ1) is 13.6. The van der Waals surface area contributed by atoms with E-state index in [-0.39, 0.29) is 5.91 Å². The average molecular weight is 450 g/mol. The number of rotatable bonds is 7. The van der Waals surface area contributed by atoms with Gasteiger partial charge in [0.2, 0.25) is 0 Å². The molecule has 150 valence electrons. The van der Waals surface area contributed by atoms with Crippen molar-refractivity contribution in [3.8, 4) is 11.5 Å². The van der Waals surface area contributed by atoms with E-state index in [1.165, 1.54) is 0 Å². The number of aromatic nitrogens is 1. The first kappa shape index (κ1) is 20.4. The number of nitrogens with one attached hydrogen (secondary N) is 1. The van der Waals surface area contributed by atoms with E-state index in [1.54, 1.807) is 25.4 Å². The number of carbonyl (C=O) groups is 1. The second-order valence-electron chi connectivity index (χ2n) is 6.23. The van der Waals surface area contributed by atoms with Crippen LogP contribution in [0, 0.1) is 0 Å². The molecule has 2 aromatic rings. The Morgan fingerprint density at radius 2 is 2.11 bits per heavy atom. The van der Waals surface area contributed by atoms with Crippen LogP contribution in [-0.2, 0) is 11.3 Å². The molecule has 1 aromatic heterocycles. The number of ether oxygens (including phenoxy) is 3. The molecule has 1 fully saturated rings. The van der Waals surface area contributed by atoms with Crippen LogP contribution in [0.4, 0.5) is 5.82 Å². The molecule has 2 heterocycles. The molecule has 1 aromatic carbocycles. The van der Waals surface area contributed by atoms with E-state index in [0.29, 0.717) is 34.7 Å². The summed E-state index contributed by atoms with van der Waals surface area (Å²) < 4.78 is 16.9. The molecule has 3 rings (SSSR count). The summed E-state index contributed by atoms with van der Waals surface area (Å²) in [4.78, 5) is 19.2. The molecule has 0 atom stereocenters. The average Bonchev–Trinajstić information content (AvgIpc) is 2.74. The highest BCUT2D eigenvalue weighted by Gasteiger charge is 2.16. The standard InChI is InChI=1S/C20H24BrN3O4/c1-3-28-19-16(21)10-15(11-17(19)26-2)20(25)23-13-14-4-5-18(22-12-14)24-6-8-27-9-7-24/h4-5,10-12H,3,6-9,13H2,1-2H3,(H,23,25). The lowest BCUT2D eigenvalue weighted by Gasteiger charge is -2.27. The Morgan fingerprint density at radius 1 is 1.32 bits per heavy atom. The summed E-state index contributed by atoms with van der Waals surface area (Å²) in [6.45, 7) is 5.93. The zero-order valence-corrected chi connectivity index (χ0v) is 17.6. The van der Waals surface area contributed by atoms with Crippen molar-refractivity contribution in [3.63, 3.8) is 0 Å². The predicted octanol–water partition coefficient (Wildman–Crippen LogP) is 3.02. The number of hydrogen-bond acceptors (Lipinski definition) is 6. The van der Waals surface area contributed by atoms with Crippen LogP contribution >= 0.6 is 15.9 Å². The van der Waals surface area contributed by atoms with E-state index in [4.69, 9.17) is 14.2 Å². The van der Waals surface area contributed by atoms with Crippen molar-refractivity contribution < 1.29 is 19.0 Å². The lowest BCUT2D eigenvalue weighted by atomic mass is 10.1. The van der Waals surface area contributed by atoms with Gasteiger partial charge >= 0.3 is 0 Å². The van der Waals surface area contributed by atoms with Crippen LogP contribution in [0.15, 0.2) is 34.9 Å². The quantitative estimate of drug-likeness (QED) is 0.700. The van der Waals surface area contributed by atoms with Crippen molar-refractivity contribution in [3.05, 3.63) is 46.1 Å². The number of anilines is 1.